The third-order valence-corrected chi connectivity index (χ3v) is 5.19. The molecule has 2 aliphatic rings. The van der Waals surface area contributed by atoms with Gasteiger partial charge in [0.1, 0.15) is 0 Å². The summed E-state index contributed by atoms with van der Waals surface area (Å²) in [6.45, 7) is 2.68. The zero-order valence-electron chi connectivity index (χ0n) is 13.7. The van der Waals surface area contributed by atoms with Crippen LogP contribution in [0.15, 0.2) is 24.3 Å². The quantitative estimate of drug-likeness (QED) is 0.906. The van der Waals surface area contributed by atoms with Crippen molar-refractivity contribution in [3.8, 4) is 0 Å². The minimum absolute atomic E-state index is 0.343. The summed E-state index contributed by atoms with van der Waals surface area (Å²) in [6.07, 6.45) is 5.23. The van der Waals surface area contributed by atoms with Crippen molar-refractivity contribution >= 4 is 23.6 Å². The minimum atomic E-state index is -0.687. The molecule has 2 saturated heterocycles. The number of piperidine rings is 2. The lowest BCUT2D eigenvalue weighted by molar-refractivity contribution is 0.0235. The van der Waals surface area contributed by atoms with Gasteiger partial charge in [-0.1, -0.05) is 24.1 Å². The number of fused-ring (bicyclic) bond motifs is 1. The van der Waals surface area contributed by atoms with Gasteiger partial charge in [-0.05, 0) is 57.0 Å². The number of hydrogen-bond acceptors (Lipinski definition) is 4. The number of nitrogens with one attached hydrogen (secondary N) is 1. The van der Waals surface area contributed by atoms with Crippen LogP contribution in [0, 0.1) is 5.92 Å². The lowest BCUT2D eigenvalue weighted by Crippen LogP contribution is -2.49. The van der Waals surface area contributed by atoms with Crippen molar-refractivity contribution in [1.29, 1.82) is 0 Å². The Morgan fingerprint density at radius 3 is 2.88 bits per heavy atom. The monoisotopic (exact) mass is 350 g/mol. The van der Waals surface area contributed by atoms with Gasteiger partial charge in [0.2, 0.25) is 0 Å². The van der Waals surface area contributed by atoms with Crippen LogP contribution in [0.1, 0.15) is 42.5 Å². The van der Waals surface area contributed by atoms with Crippen LogP contribution in [0.5, 0.6) is 0 Å². The number of alkyl carbamates (subject to hydrolysis) is 1. The summed E-state index contributed by atoms with van der Waals surface area (Å²) in [5.41, 5.74) is 0.343. The number of nitrogens with zero attached hydrogens (tertiary/aromatic N) is 1. The molecule has 0 radical (unpaired) electrons. The zero-order chi connectivity index (χ0) is 16.9. The molecule has 0 unspecified atom stereocenters. The molecule has 5 nitrogen and oxygen atoms in total. The van der Waals surface area contributed by atoms with Gasteiger partial charge in [0.05, 0.1) is 6.61 Å². The predicted molar refractivity (Wildman–Crippen MR) is 92.2 cm³/mol. The molecule has 2 heterocycles. The van der Waals surface area contributed by atoms with Gasteiger partial charge < -0.3 is 4.74 Å². The summed E-state index contributed by atoms with van der Waals surface area (Å²) in [4.78, 5) is 26.4. The maximum Gasteiger partial charge on any atom is 0.414 e. The van der Waals surface area contributed by atoms with Gasteiger partial charge in [-0.25, -0.2) is 4.79 Å². The van der Waals surface area contributed by atoms with E-state index in [-0.39, 0.29) is 0 Å². The second-order valence-electron chi connectivity index (χ2n) is 6.56. The van der Waals surface area contributed by atoms with Gasteiger partial charge in [0.15, 0.2) is 0 Å². The number of carbonyl (C=O) groups is 2. The number of ether oxygens (including phenoxy) is 1. The van der Waals surface area contributed by atoms with E-state index in [0.29, 0.717) is 29.2 Å². The van der Waals surface area contributed by atoms with Crippen molar-refractivity contribution in [2.75, 3.05) is 19.7 Å². The number of amides is 2. The fraction of sp³-hybridized carbons (Fsp3) is 0.556. The average molecular weight is 351 g/mol. The zero-order valence-corrected chi connectivity index (χ0v) is 14.4. The second-order valence-corrected chi connectivity index (χ2v) is 7.00. The van der Waals surface area contributed by atoms with E-state index >= 15 is 0 Å². The molecule has 0 aliphatic carbocycles. The van der Waals surface area contributed by atoms with E-state index in [1.165, 1.54) is 25.3 Å². The molecule has 0 aromatic heterocycles. The molecule has 2 aliphatic heterocycles. The molecule has 2 amide bonds. The molecule has 1 aromatic rings. The number of benzene rings is 1. The first-order chi connectivity index (χ1) is 11.6. The highest BCUT2D eigenvalue weighted by atomic mass is 35.5. The highest BCUT2D eigenvalue weighted by molar-refractivity contribution is 6.31. The lowest BCUT2D eigenvalue weighted by Gasteiger charge is -2.44. The Labute approximate surface area is 147 Å². The lowest BCUT2D eigenvalue weighted by atomic mass is 9.84. The second kappa shape index (κ2) is 7.99. The highest BCUT2D eigenvalue weighted by Crippen LogP contribution is 2.30. The first-order valence-corrected chi connectivity index (χ1v) is 8.99. The Morgan fingerprint density at radius 2 is 2.04 bits per heavy atom. The molecular weight excluding hydrogens is 328 g/mol. The standard InChI is InChI=1S/C18H23ClN2O3/c19-15-7-3-5-13(11-15)17(22)20-18(23)24-12-14-6-4-10-21-9-2-1-8-16(14)21/h3,5,7,11,14,16H,1-2,4,6,8-10,12H2,(H,20,22,23)/t14-,16+/m0/s1. The summed E-state index contributed by atoms with van der Waals surface area (Å²) in [5.74, 6) is -0.128. The smallest absolute Gasteiger partial charge is 0.414 e. The molecule has 0 spiro atoms. The molecule has 0 bridgehead atoms. The van der Waals surface area contributed by atoms with Gasteiger partial charge in [-0.15, -0.1) is 0 Å². The fourth-order valence-corrected chi connectivity index (χ4v) is 3.98. The summed E-state index contributed by atoms with van der Waals surface area (Å²) >= 11 is 5.85. The Balaban J connectivity index is 1.49. The summed E-state index contributed by atoms with van der Waals surface area (Å²) in [6, 6.07) is 6.99. The number of halogens is 1. The summed E-state index contributed by atoms with van der Waals surface area (Å²) < 4.78 is 5.32. The molecule has 24 heavy (non-hydrogen) atoms. The van der Waals surface area contributed by atoms with Crippen LogP contribution in [0.4, 0.5) is 4.79 Å². The third kappa shape index (κ3) is 4.28. The van der Waals surface area contributed by atoms with Crippen molar-refractivity contribution in [3.05, 3.63) is 34.9 Å². The average Bonchev–Trinajstić information content (AvgIpc) is 2.60. The Morgan fingerprint density at radius 1 is 1.21 bits per heavy atom. The van der Waals surface area contributed by atoms with E-state index in [1.807, 2.05) is 0 Å². The number of hydrogen-bond donors (Lipinski definition) is 1. The van der Waals surface area contributed by atoms with E-state index in [4.69, 9.17) is 16.3 Å². The number of imide groups is 1. The number of rotatable bonds is 3. The number of carbonyl (C=O) groups excluding carboxylic acids is 2. The Bertz CT molecular complexity index is 606. The minimum Gasteiger partial charge on any atom is -0.449 e. The molecular formula is C18H23ClN2O3. The van der Waals surface area contributed by atoms with Crippen LogP contribution in [0.3, 0.4) is 0 Å². The fourth-order valence-electron chi connectivity index (χ4n) is 3.78. The van der Waals surface area contributed by atoms with Crippen molar-refractivity contribution in [2.24, 2.45) is 5.92 Å². The molecule has 1 aromatic carbocycles. The largest absolute Gasteiger partial charge is 0.449 e. The van der Waals surface area contributed by atoms with Crippen LogP contribution in [-0.2, 0) is 4.74 Å². The van der Waals surface area contributed by atoms with E-state index < -0.39 is 12.0 Å². The molecule has 0 saturated carbocycles. The van der Waals surface area contributed by atoms with Crippen molar-refractivity contribution < 1.29 is 14.3 Å². The van der Waals surface area contributed by atoms with E-state index in [2.05, 4.69) is 10.2 Å². The van der Waals surface area contributed by atoms with Crippen LogP contribution in [-0.4, -0.2) is 42.6 Å². The SMILES string of the molecule is O=C(NC(=O)c1cccc(Cl)c1)OC[C@@H]1CCCN2CCCC[C@H]12. The third-order valence-electron chi connectivity index (χ3n) is 4.96. The van der Waals surface area contributed by atoms with Gasteiger partial charge in [0.25, 0.3) is 5.91 Å². The van der Waals surface area contributed by atoms with Crippen LogP contribution < -0.4 is 5.32 Å². The summed E-state index contributed by atoms with van der Waals surface area (Å²) in [5, 5.41) is 2.72. The molecule has 6 heteroatoms. The first-order valence-electron chi connectivity index (χ1n) is 8.61. The topological polar surface area (TPSA) is 58.6 Å². The maximum absolute atomic E-state index is 12.0. The van der Waals surface area contributed by atoms with E-state index in [1.54, 1.807) is 18.2 Å². The first kappa shape index (κ1) is 17.2. The van der Waals surface area contributed by atoms with Gasteiger partial charge >= 0.3 is 6.09 Å². The molecule has 1 N–H and O–H groups in total. The van der Waals surface area contributed by atoms with Gasteiger partial charge in [-0.3, -0.25) is 15.0 Å². The predicted octanol–water partition coefficient (Wildman–Crippen LogP) is 3.47. The van der Waals surface area contributed by atoms with E-state index in [0.717, 1.165) is 25.9 Å². The molecule has 2 atom stereocenters. The van der Waals surface area contributed by atoms with Gasteiger partial charge in [-0.2, -0.15) is 0 Å². The van der Waals surface area contributed by atoms with Crippen LogP contribution in [0.2, 0.25) is 5.02 Å². The van der Waals surface area contributed by atoms with E-state index in [9.17, 15) is 9.59 Å². The van der Waals surface area contributed by atoms with Crippen molar-refractivity contribution in [1.82, 2.24) is 10.2 Å². The highest BCUT2D eigenvalue weighted by Gasteiger charge is 2.33. The summed E-state index contributed by atoms with van der Waals surface area (Å²) in [7, 11) is 0. The Hall–Kier alpha value is -1.59. The van der Waals surface area contributed by atoms with Gasteiger partial charge in [0, 0.05) is 22.5 Å². The maximum atomic E-state index is 12.0. The normalized spacial score (nSPS) is 24.0. The van der Waals surface area contributed by atoms with Crippen LogP contribution in [0.25, 0.3) is 0 Å². The molecule has 2 fully saturated rings. The molecule has 3 rings (SSSR count). The molecule has 130 valence electrons. The van der Waals surface area contributed by atoms with Crippen molar-refractivity contribution in [3.63, 3.8) is 0 Å². The van der Waals surface area contributed by atoms with Crippen molar-refractivity contribution in [2.45, 2.75) is 38.1 Å². The van der Waals surface area contributed by atoms with Crippen LogP contribution >= 0.6 is 11.6 Å². The Kier molecular flexibility index (Phi) is 5.74.